The van der Waals surface area contributed by atoms with Crippen molar-refractivity contribution in [2.45, 2.75) is 26.3 Å². The smallest absolute Gasteiger partial charge is 0.222 e. The topological polar surface area (TPSA) is 83.3 Å². The fourth-order valence-corrected chi connectivity index (χ4v) is 2.53. The number of anilines is 1. The van der Waals surface area contributed by atoms with Gasteiger partial charge < -0.3 is 15.1 Å². The lowest BCUT2D eigenvalue weighted by Gasteiger charge is -2.28. The molecular weight excluding hydrogens is 306 g/mol. The second-order valence-electron chi connectivity index (χ2n) is 5.31. The first-order valence-electron chi connectivity index (χ1n) is 8.29. The molecule has 2 aromatic heterocycles. The van der Waals surface area contributed by atoms with Crippen molar-refractivity contribution in [2.75, 3.05) is 31.5 Å². The molecule has 0 aliphatic carbocycles. The standard InChI is InChI=1S/C17H25N5O2/c1-3-22(4-2)14(15-7-5-12-24-15)13-21-16(23)8-11-20-17-18-9-6-10-19-17/h5-7,9-10,12,14H,3-4,8,11,13H2,1-2H3,(H,21,23)(H,18,19,20)/t14-/m1/s1. The minimum Gasteiger partial charge on any atom is -0.468 e. The summed E-state index contributed by atoms with van der Waals surface area (Å²) in [4.78, 5) is 22.4. The van der Waals surface area contributed by atoms with Crippen LogP contribution in [0.1, 0.15) is 32.1 Å². The van der Waals surface area contributed by atoms with E-state index in [1.807, 2.05) is 12.1 Å². The molecule has 0 fully saturated rings. The third kappa shape index (κ3) is 5.34. The molecule has 24 heavy (non-hydrogen) atoms. The minimum absolute atomic E-state index is 0.0119. The Kier molecular flexibility index (Phi) is 7.22. The second-order valence-corrected chi connectivity index (χ2v) is 5.31. The predicted molar refractivity (Wildman–Crippen MR) is 92.5 cm³/mol. The van der Waals surface area contributed by atoms with Gasteiger partial charge in [-0.05, 0) is 31.3 Å². The number of furan rings is 1. The van der Waals surface area contributed by atoms with Crippen molar-refractivity contribution in [3.05, 3.63) is 42.6 Å². The van der Waals surface area contributed by atoms with Crippen LogP contribution in [0.25, 0.3) is 0 Å². The van der Waals surface area contributed by atoms with Crippen LogP contribution in [0, 0.1) is 0 Å². The van der Waals surface area contributed by atoms with Crippen LogP contribution in [0.5, 0.6) is 0 Å². The summed E-state index contributed by atoms with van der Waals surface area (Å²) in [5.74, 6) is 1.39. The summed E-state index contributed by atoms with van der Waals surface area (Å²) in [7, 11) is 0. The van der Waals surface area contributed by atoms with Gasteiger partial charge in [0.2, 0.25) is 11.9 Å². The molecule has 1 atom stereocenters. The molecular formula is C17H25N5O2. The lowest BCUT2D eigenvalue weighted by atomic mass is 10.2. The molecule has 2 aromatic rings. The first-order chi connectivity index (χ1) is 11.7. The number of nitrogens with zero attached hydrogens (tertiary/aromatic N) is 3. The fraction of sp³-hybridized carbons (Fsp3) is 0.471. The lowest BCUT2D eigenvalue weighted by molar-refractivity contribution is -0.121. The van der Waals surface area contributed by atoms with Crippen LogP contribution in [0.15, 0.2) is 41.3 Å². The van der Waals surface area contributed by atoms with Crippen LogP contribution in [0.3, 0.4) is 0 Å². The van der Waals surface area contributed by atoms with Gasteiger partial charge in [-0.25, -0.2) is 9.97 Å². The van der Waals surface area contributed by atoms with Crippen LogP contribution in [-0.2, 0) is 4.79 Å². The normalized spacial score (nSPS) is 12.1. The SMILES string of the molecule is CCN(CC)[C@H](CNC(=O)CCNc1ncccn1)c1ccco1. The number of amides is 1. The molecule has 0 spiro atoms. The number of nitrogens with one attached hydrogen (secondary N) is 2. The fourth-order valence-electron chi connectivity index (χ4n) is 2.53. The van der Waals surface area contributed by atoms with E-state index in [2.05, 4.69) is 39.3 Å². The molecule has 0 bridgehead atoms. The number of carbonyl (C=O) groups excluding carboxylic acids is 1. The molecule has 2 N–H and O–H groups in total. The van der Waals surface area contributed by atoms with E-state index in [0.717, 1.165) is 18.8 Å². The maximum Gasteiger partial charge on any atom is 0.222 e. The molecule has 2 rings (SSSR count). The molecule has 1 amide bonds. The summed E-state index contributed by atoms with van der Waals surface area (Å²) in [6, 6.07) is 5.62. The highest BCUT2D eigenvalue weighted by Gasteiger charge is 2.21. The van der Waals surface area contributed by atoms with Gasteiger partial charge in [0.25, 0.3) is 0 Å². The van der Waals surface area contributed by atoms with Gasteiger partial charge in [0.1, 0.15) is 5.76 Å². The van der Waals surface area contributed by atoms with Crippen molar-refractivity contribution in [3.63, 3.8) is 0 Å². The number of rotatable bonds is 10. The van der Waals surface area contributed by atoms with E-state index in [4.69, 9.17) is 4.42 Å². The maximum atomic E-state index is 12.1. The van der Waals surface area contributed by atoms with Crippen molar-refractivity contribution in [1.29, 1.82) is 0 Å². The average molecular weight is 331 g/mol. The van der Waals surface area contributed by atoms with Crippen LogP contribution in [0.2, 0.25) is 0 Å². The summed E-state index contributed by atoms with van der Waals surface area (Å²) >= 11 is 0. The zero-order valence-corrected chi connectivity index (χ0v) is 14.2. The van der Waals surface area contributed by atoms with Gasteiger partial charge >= 0.3 is 0 Å². The zero-order valence-electron chi connectivity index (χ0n) is 14.2. The van der Waals surface area contributed by atoms with Gasteiger partial charge in [0.15, 0.2) is 0 Å². The third-order valence-electron chi connectivity index (χ3n) is 3.82. The monoisotopic (exact) mass is 331 g/mol. The molecule has 0 aliphatic rings. The second kappa shape index (κ2) is 9.67. The van der Waals surface area contributed by atoms with E-state index in [-0.39, 0.29) is 11.9 Å². The van der Waals surface area contributed by atoms with Crippen molar-refractivity contribution in [1.82, 2.24) is 20.2 Å². The highest BCUT2D eigenvalue weighted by Crippen LogP contribution is 2.20. The van der Waals surface area contributed by atoms with Crippen molar-refractivity contribution < 1.29 is 9.21 Å². The Hall–Kier alpha value is -2.41. The highest BCUT2D eigenvalue weighted by atomic mass is 16.3. The average Bonchev–Trinajstić information content (AvgIpc) is 3.14. The number of aromatic nitrogens is 2. The minimum atomic E-state index is -0.0119. The molecule has 0 aromatic carbocycles. The number of hydrogen-bond donors (Lipinski definition) is 2. The summed E-state index contributed by atoms with van der Waals surface area (Å²) in [6.45, 7) is 7.01. The Morgan fingerprint density at radius 2 is 2.00 bits per heavy atom. The molecule has 0 radical (unpaired) electrons. The van der Waals surface area contributed by atoms with Gasteiger partial charge in [0, 0.05) is 31.9 Å². The maximum absolute atomic E-state index is 12.1. The molecule has 0 saturated heterocycles. The van der Waals surface area contributed by atoms with Crippen molar-refractivity contribution >= 4 is 11.9 Å². The van der Waals surface area contributed by atoms with Crippen LogP contribution >= 0.6 is 0 Å². The third-order valence-corrected chi connectivity index (χ3v) is 3.82. The van der Waals surface area contributed by atoms with E-state index >= 15 is 0 Å². The Bertz CT molecular complexity index is 584. The van der Waals surface area contributed by atoms with Gasteiger partial charge in [-0.3, -0.25) is 9.69 Å². The molecule has 2 heterocycles. The van der Waals surface area contributed by atoms with Crippen LogP contribution in [-0.4, -0.2) is 47.0 Å². The first-order valence-corrected chi connectivity index (χ1v) is 8.29. The number of likely N-dealkylation sites (N-methyl/N-ethyl adjacent to an activating group) is 1. The molecule has 0 unspecified atom stereocenters. The lowest BCUT2D eigenvalue weighted by Crippen LogP contribution is -2.38. The largest absolute Gasteiger partial charge is 0.468 e. The van der Waals surface area contributed by atoms with Crippen LogP contribution < -0.4 is 10.6 Å². The van der Waals surface area contributed by atoms with Gasteiger partial charge in [0.05, 0.1) is 12.3 Å². The van der Waals surface area contributed by atoms with E-state index in [0.29, 0.717) is 25.5 Å². The Labute approximate surface area is 142 Å². The molecule has 0 aliphatic heterocycles. The quantitative estimate of drug-likeness (QED) is 0.693. The predicted octanol–water partition coefficient (Wildman–Crippen LogP) is 2.07. The molecule has 130 valence electrons. The molecule has 7 heteroatoms. The Morgan fingerprint density at radius 3 is 2.62 bits per heavy atom. The van der Waals surface area contributed by atoms with E-state index in [9.17, 15) is 4.79 Å². The first kappa shape index (κ1) is 17.9. The Morgan fingerprint density at radius 1 is 1.25 bits per heavy atom. The van der Waals surface area contributed by atoms with Crippen molar-refractivity contribution in [3.8, 4) is 0 Å². The molecule has 0 saturated carbocycles. The molecule has 7 nitrogen and oxygen atoms in total. The van der Waals surface area contributed by atoms with Crippen LogP contribution in [0.4, 0.5) is 5.95 Å². The summed E-state index contributed by atoms with van der Waals surface area (Å²) in [5.41, 5.74) is 0. The van der Waals surface area contributed by atoms with Crippen molar-refractivity contribution in [2.24, 2.45) is 0 Å². The van der Waals surface area contributed by atoms with Gasteiger partial charge in [-0.15, -0.1) is 0 Å². The van der Waals surface area contributed by atoms with E-state index < -0.39 is 0 Å². The van der Waals surface area contributed by atoms with Gasteiger partial charge in [-0.2, -0.15) is 0 Å². The number of carbonyl (C=O) groups is 1. The highest BCUT2D eigenvalue weighted by molar-refractivity contribution is 5.76. The summed E-state index contributed by atoms with van der Waals surface area (Å²) < 4.78 is 5.53. The summed E-state index contributed by atoms with van der Waals surface area (Å²) in [6.07, 6.45) is 5.35. The summed E-state index contributed by atoms with van der Waals surface area (Å²) in [5, 5.41) is 6.01. The van der Waals surface area contributed by atoms with E-state index in [1.54, 1.807) is 24.7 Å². The number of hydrogen-bond acceptors (Lipinski definition) is 6. The van der Waals surface area contributed by atoms with Gasteiger partial charge in [-0.1, -0.05) is 13.8 Å². The Balaban J connectivity index is 1.79. The zero-order chi connectivity index (χ0) is 17.2. The van der Waals surface area contributed by atoms with E-state index in [1.165, 1.54) is 0 Å².